The van der Waals surface area contributed by atoms with Crippen LogP contribution in [0.5, 0.6) is 0 Å². The maximum absolute atomic E-state index is 9.41. The highest BCUT2D eigenvalue weighted by Crippen LogP contribution is 2.26. The molecule has 2 fully saturated rings. The molecule has 0 radical (unpaired) electrons. The van der Waals surface area contributed by atoms with Gasteiger partial charge in [-0.2, -0.15) is 5.26 Å². The number of nitriles is 1. The lowest BCUT2D eigenvalue weighted by molar-refractivity contribution is 0.152. The van der Waals surface area contributed by atoms with Crippen molar-refractivity contribution >= 4 is 5.96 Å². The Morgan fingerprint density at radius 3 is 2.84 bits per heavy atom. The van der Waals surface area contributed by atoms with Gasteiger partial charge in [0.05, 0.1) is 17.7 Å². The highest BCUT2D eigenvalue weighted by Gasteiger charge is 2.35. The Bertz CT molecular complexity index is 693. The number of hydrogen-bond donors (Lipinski definition) is 1. The smallest absolute Gasteiger partial charge is 0.219 e. The molecule has 3 heterocycles. The Balaban J connectivity index is 1.61. The van der Waals surface area contributed by atoms with Gasteiger partial charge < -0.3 is 15.5 Å². The van der Waals surface area contributed by atoms with Crippen molar-refractivity contribution in [1.82, 2.24) is 14.8 Å². The number of nitrogens with zero attached hydrogens (tertiary/aromatic N) is 5. The zero-order chi connectivity index (χ0) is 17.2. The predicted octanol–water partition coefficient (Wildman–Crippen LogP) is 1.53. The second-order valence-corrected chi connectivity index (χ2v) is 7.36. The molecule has 1 aromatic rings. The number of guanidine groups is 1. The minimum atomic E-state index is 0.223. The van der Waals surface area contributed by atoms with E-state index in [-0.39, 0.29) is 6.04 Å². The summed E-state index contributed by atoms with van der Waals surface area (Å²) in [6.07, 6.45) is 4.62. The summed E-state index contributed by atoms with van der Waals surface area (Å²) in [5, 5.41) is 16.7. The van der Waals surface area contributed by atoms with Crippen LogP contribution in [0.25, 0.3) is 0 Å². The van der Waals surface area contributed by atoms with E-state index in [1.807, 2.05) is 18.2 Å². The molecule has 3 aliphatic heterocycles. The maximum Gasteiger partial charge on any atom is 0.219 e. The fourth-order valence-electron chi connectivity index (χ4n) is 4.21. The first kappa shape index (κ1) is 16.2. The van der Waals surface area contributed by atoms with E-state index in [4.69, 9.17) is 10.8 Å². The van der Waals surface area contributed by atoms with Crippen molar-refractivity contribution in [1.29, 1.82) is 5.26 Å². The average molecular weight is 338 g/mol. The average Bonchev–Trinajstić information content (AvgIpc) is 3.09. The minimum absolute atomic E-state index is 0.223. The first-order chi connectivity index (χ1) is 12.2. The molecule has 2 N–H and O–H groups in total. The number of benzene rings is 1. The minimum Gasteiger partial charge on any atom is -0.340 e. The lowest BCUT2D eigenvalue weighted by Crippen LogP contribution is -2.57. The summed E-state index contributed by atoms with van der Waals surface area (Å²) in [6, 6.07) is 10.9. The number of hydrazone groups is 1. The molecule has 0 amide bonds. The van der Waals surface area contributed by atoms with E-state index in [0.29, 0.717) is 6.04 Å². The second kappa shape index (κ2) is 6.93. The molecular weight excluding hydrogens is 312 g/mol. The van der Waals surface area contributed by atoms with Crippen molar-refractivity contribution in [2.45, 2.75) is 44.3 Å². The molecule has 3 aliphatic rings. The summed E-state index contributed by atoms with van der Waals surface area (Å²) in [5.41, 5.74) is 8.04. The van der Waals surface area contributed by atoms with E-state index < -0.39 is 0 Å². The molecule has 6 nitrogen and oxygen atoms in total. The number of hydrogen-bond acceptors (Lipinski definition) is 6. The molecule has 1 aromatic carbocycles. The Morgan fingerprint density at radius 2 is 2.00 bits per heavy atom. The summed E-state index contributed by atoms with van der Waals surface area (Å²) >= 11 is 0. The molecule has 0 aromatic heterocycles. The van der Waals surface area contributed by atoms with Crippen LogP contribution in [0.2, 0.25) is 0 Å². The number of rotatable bonds is 2. The second-order valence-electron chi connectivity index (χ2n) is 7.36. The molecule has 2 unspecified atom stereocenters. The third kappa shape index (κ3) is 3.29. The van der Waals surface area contributed by atoms with E-state index in [0.717, 1.165) is 62.7 Å². The number of likely N-dealkylation sites (tertiary alicyclic amines) is 1. The monoisotopic (exact) mass is 338 g/mol. The van der Waals surface area contributed by atoms with Crippen LogP contribution in [-0.2, 0) is 6.54 Å². The van der Waals surface area contributed by atoms with Gasteiger partial charge in [0.25, 0.3) is 0 Å². The van der Waals surface area contributed by atoms with Crippen LogP contribution >= 0.6 is 0 Å². The van der Waals surface area contributed by atoms with E-state index in [2.05, 4.69) is 26.9 Å². The van der Waals surface area contributed by atoms with Crippen molar-refractivity contribution in [3.63, 3.8) is 0 Å². The van der Waals surface area contributed by atoms with Crippen molar-refractivity contribution in [2.24, 2.45) is 10.8 Å². The normalized spacial score (nSPS) is 26.2. The van der Waals surface area contributed by atoms with Crippen LogP contribution in [0.15, 0.2) is 29.4 Å². The molecule has 132 valence electrons. The molecule has 25 heavy (non-hydrogen) atoms. The standard InChI is InChI=1S/C19H26N6/c20-11-15-5-1-2-6-16(15)12-24-14-18-8-4-10-25(18)22-19(24)23-9-3-7-17(21)13-23/h1-2,5-6,17-18H,3-4,7-10,12-14,21H2. The topological polar surface area (TPSA) is 71.9 Å². The highest BCUT2D eigenvalue weighted by molar-refractivity contribution is 5.81. The molecule has 2 atom stereocenters. The van der Waals surface area contributed by atoms with Crippen molar-refractivity contribution < 1.29 is 0 Å². The molecule has 4 rings (SSSR count). The van der Waals surface area contributed by atoms with Gasteiger partial charge in [-0.25, -0.2) is 0 Å². The van der Waals surface area contributed by atoms with Crippen LogP contribution in [0.3, 0.4) is 0 Å². The molecule has 0 bridgehead atoms. The molecule has 0 spiro atoms. The Labute approximate surface area is 149 Å². The van der Waals surface area contributed by atoms with E-state index in [9.17, 15) is 5.26 Å². The van der Waals surface area contributed by atoms with Gasteiger partial charge in [-0.15, -0.1) is 5.10 Å². The van der Waals surface area contributed by atoms with Gasteiger partial charge in [0, 0.05) is 38.8 Å². The Kier molecular flexibility index (Phi) is 4.50. The first-order valence-corrected chi connectivity index (χ1v) is 9.33. The lowest BCUT2D eigenvalue weighted by atomic mass is 10.1. The van der Waals surface area contributed by atoms with Crippen molar-refractivity contribution in [3.8, 4) is 6.07 Å². The largest absolute Gasteiger partial charge is 0.340 e. The fourth-order valence-corrected chi connectivity index (χ4v) is 4.21. The lowest BCUT2D eigenvalue weighted by Gasteiger charge is -2.43. The third-order valence-electron chi connectivity index (χ3n) is 5.52. The van der Waals surface area contributed by atoms with E-state index in [1.165, 1.54) is 12.8 Å². The van der Waals surface area contributed by atoms with Gasteiger partial charge in [0.1, 0.15) is 0 Å². The van der Waals surface area contributed by atoms with Crippen LogP contribution in [0.1, 0.15) is 36.8 Å². The Hall–Kier alpha value is -2.26. The summed E-state index contributed by atoms with van der Waals surface area (Å²) in [7, 11) is 0. The zero-order valence-electron chi connectivity index (χ0n) is 14.6. The number of nitrogens with two attached hydrogens (primary N) is 1. The summed E-state index contributed by atoms with van der Waals surface area (Å²) in [5.74, 6) is 1.04. The van der Waals surface area contributed by atoms with Gasteiger partial charge in [-0.3, -0.25) is 5.01 Å². The molecule has 0 saturated carbocycles. The third-order valence-corrected chi connectivity index (χ3v) is 5.52. The van der Waals surface area contributed by atoms with E-state index >= 15 is 0 Å². The van der Waals surface area contributed by atoms with Crippen LogP contribution in [0.4, 0.5) is 0 Å². The predicted molar refractivity (Wildman–Crippen MR) is 97.5 cm³/mol. The van der Waals surface area contributed by atoms with Crippen LogP contribution < -0.4 is 5.73 Å². The maximum atomic E-state index is 9.41. The van der Waals surface area contributed by atoms with Crippen LogP contribution in [-0.4, -0.2) is 59.0 Å². The molecule has 6 heteroatoms. The van der Waals surface area contributed by atoms with Gasteiger partial charge in [0.15, 0.2) is 0 Å². The van der Waals surface area contributed by atoms with Crippen molar-refractivity contribution in [2.75, 3.05) is 26.2 Å². The molecular formula is C19H26N6. The van der Waals surface area contributed by atoms with Gasteiger partial charge in [-0.1, -0.05) is 18.2 Å². The molecule has 2 saturated heterocycles. The number of piperidine rings is 1. The van der Waals surface area contributed by atoms with E-state index in [1.54, 1.807) is 0 Å². The summed E-state index contributed by atoms with van der Waals surface area (Å²) < 4.78 is 0. The Morgan fingerprint density at radius 1 is 1.16 bits per heavy atom. The van der Waals surface area contributed by atoms with Crippen LogP contribution in [0, 0.1) is 11.3 Å². The number of fused-ring (bicyclic) bond motifs is 1. The quantitative estimate of drug-likeness (QED) is 0.885. The summed E-state index contributed by atoms with van der Waals surface area (Å²) in [4.78, 5) is 4.71. The summed E-state index contributed by atoms with van der Waals surface area (Å²) in [6.45, 7) is 4.65. The van der Waals surface area contributed by atoms with Crippen molar-refractivity contribution in [3.05, 3.63) is 35.4 Å². The zero-order valence-corrected chi connectivity index (χ0v) is 14.6. The van der Waals surface area contributed by atoms with Gasteiger partial charge in [0.2, 0.25) is 5.96 Å². The van der Waals surface area contributed by atoms with Gasteiger partial charge in [-0.05, 0) is 37.3 Å². The highest BCUT2D eigenvalue weighted by atomic mass is 15.6. The van der Waals surface area contributed by atoms with Gasteiger partial charge >= 0.3 is 0 Å². The molecule has 0 aliphatic carbocycles. The first-order valence-electron chi connectivity index (χ1n) is 9.33. The SMILES string of the molecule is N#Cc1ccccc1CN1CC2CCCN2N=C1N1CCCC(N)C1. The fraction of sp³-hybridized carbons (Fsp3) is 0.579.